The van der Waals surface area contributed by atoms with Crippen molar-refractivity contribution in [3.8, 4) is 0 Å². The molecule has 0 aromatic carbocycles. The highest BCUT2D eigenvalue weighted by Crippen LogP contribution is 1.96. The Balaban J connectivity index is 3.46. The van der Waals surface area contributed by atoms with Crippen molar-refractivity contribution >= 4 is 5.91 Å². The minimum absolute atomic E-state index is 0.132. The molecule has 0 bridgehead atoms. The smallest absolute Gasteiger partial charge is 0.234 e. The molecule has 0 aromatic heterocycles. The minimum Gasteiger partial charge on any atom is -0.355 e. The van der Waals surface area contributed by atoms with Crippen LogP contribution >= 0.6 is 0 Å². The van der Waals surface area contributed by atoms with Gasteiger partial charge in [-0.05, 0) is 45.9 Å². The summed E-state index contributed by atoms with van der Waals surface area (Å²) in [6, 6.07) is 0. The maximum absolute atomic E-state index is 11.5. The Labute approximate surface area is 99.8 Å². The fourth-order valence-electron chi connectivity index (χ4n) is 1.41. The van der Waals surface area contributed by atoms with Crippen LogP contribution in [0.25, 0.3) is 0 Å². The maximum Gasteiger partial charge on any atom is 0.234 e. The van der Waals surface area contributed by atoms with E-state index in [9.17, 15) is 4.79 Å². The predicted molar refractivity (Wildman–Crippen MR) is 68.5 cm³/mol. The summed E-state index contributed by atoms with van der Waals surface area (Å²) >= 11 is 0. The van der Waals surface area contributed by atoms with Crippen LogP contribution in [0.3, 0.4) is 0 Å². The molecular formula is C12H27N3O. The Bertz CT molecular complexity index is 183. The van der Waals surface area contributed by atoms with E-state index >= 15 is 0 Å². The van der Waals surface area contributed by atoms with E-state index in [4.69, 9.17) is 0 Å². The van der Waals surface area contributed by atoms with Gasteiger partial charge < -0.3 is 10.6 Å². The van der Waals surface area contributed by atoms with Crippen LogP contribution in [-0.2, 0) is 4.79 Å². The summed E-state index contributed by atoms with van der Waals surface area (Å²) in [7, 11) is 3.93. The molecule has 2 N–H and O–H groups in total. The van der Waals surface area contributed by atoms with Crippen LogP contribution in [0.5, 0.6) is 0 Å². The number of nitrogens with zero attached hydrogens (tertiary/aromatic N) is 1. The zero-order chi connectivity index (χ0) is 12.4. The summed E-state index contributed by atoms with van der Waals surface area (Å²) < 4.78 is 0. The Kier molecular flexibility index (Phi) is 9.24. The van der Waals surface area contributed by atoms with Crippen LogP contribution in [0.2, 0.25) is 0 Å². The molecule has 0 aromatic rings. The molecular weight excluding hydrogens is 202 g/mol. The summed E-state index contributed by atoms with van der Waals surface area (Å²) in [6.45, 7) is 7.58. The van der Waals surface area contributed by atoms with Crippen molar-refractivity contribution < 1.29 is 4.79 Å². The second-order valence-corrected chi connectivity index (χ2v) is 4.73. The van der Waals surface area contributed by atoms with Crippen LogP contribution in [0.1, 0.15) is 26.7 Å². The third kappa shape index (κ3) is 9.93. The topological polar surface area (TPSA) is 44.4 Å². The summed E-state index contributed by atoms with van der Waals surface area (Å²) in [5, 5.41) is 6.03. The van der Waals surface area contributed by atoms with Crippen molar-refractivity contribution in [3.63, 3.8) is 0 Å². The molecule has 0 aliphatic carbocycles. The number of amides is 1. The molecule has 4 heteroatoms. The number of nitrogens with one attached hydrogen (secondary N) is 2. The second kappa shape index (κ2) is 9.60. The molecule has 0 atom stereocenters. The summed E-state index contributed by atoms with van der Waals surface area (Å²) in [4.78, 5) is 13.6. The van der Waals surface area contributed by atoms with Gasteiger partial charge in [0.2, 0.25) is 5.91 Å². The average molecular weight is 229 g/mol. The van der Waals surface area contributed by atoms with Gasteiger partial charge in [-0.25, -0.2) is 0 Å². The van der Waals surface area contributed by atoms with Gasteiger partial charge in [-0.1, -0.05) is 13.8 Å². The van der Waals surface area contributed by atoms with E-state index in [1.54, 1.807) is 0 Å². The van der Waals surface area contributed by atoms with Crippen LogP contribution in [-0.4, -0.2) is 51.1 Å². The molecule has 0 saturated heterocycles. The van der Waals surface area contributed by atoms with Gasteiger partial charge in [-0.3, -0.25) is 9.69 Å². The summed E-state index contributed by atoms with van der Waals surface area (Å²) in [6.07, 6.45) is 2.13. The lowest BCUT2D eigenvalue weighted by Crippen LogP contribution is -2.36. The first-order chi connectivity index (χ1) is 7.56. The highest BCUT2D eigenvalue weighted by Gasteiger charge is 2.05. The average Bonchev–Trinajstić information content (AvgIpc) is 2.17. The molecule has 0 aliphatic rings. The number of carbonyl (C=O) groups excluding carboxylic acids is 1. The van der Waals surface area contributed by atoms with Crippen LogP contribution in [0.4, 0.5) is 0 Å². The van der Waals surface area contributed by atoms with Crippen LogP contribution in [0, 0.1) is 5.92 Å². The summed E-state index contributed by atoms with van der Waals surface area (Å²) in [5.41, 5.74) is 0. The zero-order valence-electron chi connectivity index (χ0n) is 11.2. The first kappa shape index (κ1) is 15.4. The van der Waals surface area contributed by atoms with Crippen molar-refractivity contribution in [1.29, 1.82) is 0 Å². The number of hydrogen-bond acceptors (Lipinski definition) is 3. The van der Waals surface area contributed by atoms with E-state index in [0.29, 0.717) is 12.5 Å². The van der Waals surface area contributed by atoms with E-state index in [1.807, 2.05) is 14.1 Å². The quantitative estimate of drug-likeness (QED) is 0.572. The van der Waals surface area contributed by atoms with Gasteiger partial charge in [0.05, 0.1) is 6.54 Å². The highest BCUT2D eigenvalue weighted by molar-refractivity contribution is 5.77. The standard InChI is InChI=1S/C12H27N3O/c1-11(2)6-8-14-12(16)10-15(4)9-5-7-13-3/h11,13H,5-10H2,1-4H3,(H,14,16). The Hall–Kier alpha value is -0.610. The number of hydrogen-bond donors (Lipinski definition) is 2. The molecule has 0 aliphatic heterocycles. The normalized spacial score (nSPS) is 11.1. The van der Waals surface area contributed by atoms with E-state index in [1.165, 1.54) is 0 Å². The molecule has 0 fully saturated rings. The fourth-order valence-corrected chi connectivity index (χ4v) is 1.41. The van der Waals surface area contributed by atoms with E-state index in [0.717, 1.165) is 32.5 Å². The number of rotatable bonds is 9. The summed E-state index contributed by atoms with van der Waals surface area (Å²) in [5.74, 6) is 0.779. The highest BCUT2D eigenvalue weighted by atomic mass is 16.2. The number of carbonyl (C=O) groups is 1. The number of likely N-dealkylation sites (N-methyl/N-ethyl adjacent to an activating group) is 1. The zero-order valence-corrected chi connectivity index (χ0v) is 11.2. The van der Waals surface area contributed by atoms with Crippen molar-refractivity contribution in [3.05, 3.63) is 0 Å². The second-order valence-electron chi connectivity index (χ2n) is 4.73. The monoisotopic (exact) mass is 229 g/mol. The van der Waals surface area contributed by atoms with Gasteiger partial charge in [0, 0.05) is 6.54 Å². The molecule has 0 saturated carbocycles. The maximum atomic E-state index is 11.5. The lowest BCUT2D eigenvalue weighted by Gasteiger charge is -2.16. The molecule has 0 spiro atoms. The van der Waals surface area contributed by atoms with Crippen LogP contribution in [0.15, 0.2) is 0 Å². The lowest BCUT2D eigenvalue weighted by molar-refractivity contribution is -0.121. The molecule has 1 amide bonds. The Morgan fingerprint density at radius 1 is 1.31 bits per heavy atom. The van der Waals surface area contributed by atoms with Gasteiger partial charge >= 0.3 is 0 Å². The molecule has 0 unspecified atom stereocenters. The van der Waals surface area contributed by atoms with Crippen molar-refractivity contribution in [2.45, 2.75) is 26.7 Å². The lowest BCUT2D eigenvalue weighted by atomic mass is 10.1. The molecule has 0 rings (SSSR count). The SMILES string of the molecule is CNCCCN(C)CC(=O)NCCC(C)C. The fraction of sp³-hybridized carbons (Fsp3) is 0.917. The van der Waals surface area contributed by atoms with Crippen molar-refractivity contribution in [1.82, 2.24) is 15.5 Å². The molecule has 0 radical (unpaired) electrons. The predicted octanol–water partition coefficient (Wildman–Crippen LogP) is 0.690. The third-order valence-corrected chi connectivity index (χ3v) is 2.42. The van der Waals surface area contributed by atoms with Gasteiger partial charge in [-0.15, -0.1) is 0 Å². The third-order valence-electron chi connectivity index (χ3n) is 2.42. The molecule has 96 valence electrons. The molecule has 4 nitrogen and oxygen atoms in total. The van der Waals surface area contributed by atoms with Gasteiger partial charge in [0.1, 0.15) is 0 Å². The van der Waals surface area contributed by atoms with Crippen molar-refractivity contribution in [2.24, 2.45) is 5.92 Å². The Morgan fingerprint density at radius 3 is 2.56 bits per heavy atom. The van der Waals surface area contributed by atoms with E-state index in [-0.39, 0.29) is 5.91 Å². The largest absolute Gasteiger partial charge is 0.355 e. The minimum atomic E-state index is 0.132. The molecule has 16 heavy (non-hydrogen) atoms. The Morgan fingerprint density at radius 2 is 2.00 bits per heavy atom. The first-order valence-electron chi connectivity index (χ1n) is 6.16. The van der Waals surface area contributed by atoms with E-state index < -0.39 is 0 Å². The van der Waals surface area contributed by atoms with Gasteiger partial charge in [-0.2, -0.15) is 0 Å². The van der Waals surface area contributed by atoms with Gasteiger partial charge in [0.15, 0.2) is 0 Å². The molecule has 0 heterocycles. The van der Waals surface area contributed by atoms with Crippen molar-refractivity contribution in [2.75, 3.05) is 40.3 Å². The van der Waals surface area contributed by atoms with Crippen LogP contribution < -0.4 is 10.6 Å². The van der Waals surface area contributed by atoms with E-state index in [2.05, 4.69) is 29.4 Å². The van der Waals surface area contributed by atoms with Gasteiger partial charge in [0.25, 0.3) is 0 Å². The first-order valence-corrected chi connectivity index (χ1v) is 6.16.